The summed E-state index contributed by atoms with van der Waals surface area (Å²) in [5.41, 5.74) is 6.71. The minimum atomic E-state index is -0.321. The molecule has 182 valence electrons. The highest BCUT2D eigenvalue weighted by atomic mass is 19.1. The second-order valence-electron chi connectivity index (χ2n) is 10.5. The molecule has 1 aromatic rings. The van der Waals surface area contributed by atoms with Crippen LogP contribution in [0.25, 0.3) is 0 Å². The number of fused-ring (bicyclic) bond motifs is 3. The second kappa shape index (κ2) is 10.6. The average Bonchev–Trinajstić information content (AvgIpc) is 2.89. The lowest BCUT2D eigenvalue weighted by molar-refractivity contribution is -0.139. The van der Waals surface area contributed by atoms with Crippen molar-refractivity contribution in [2.24, 2.45) is 17.1 Å². The molecule has 5 rings (SSSR count). The molecule has 2 atom stereocenters. The van der Waals surface area contributed by atoms with Crippen LogP contribution >= 0.6 is 0 Å². The molecule has 0 spiro atoms. The highest BCUT2D eigenvalue weighted by Crippen LogP contribution is 2.50. The fourth-order valence-electron chi connectivity index (χ4n) is 6.19. The number of amides is 1. The summed E-state index contributed by atoms with van der Waals surface area (Å²) in [7, 11) is 1.78. The van der Waals surface area contributed by atoms with Gasteiger partial charge in [-0.05, 0) is 93.7 Å². The Morgan fingerprint density at radius 2 is 1.85 bits per heavy atom. The number of nitrogens with two attached hydrogens (primary N) is 1. The molecular formula is C27H39FN2O3. The number of methoxy groups -OCH3 is 1. The minimum Gasteiger partial charge on any atom is -0.489 e. The number of carbonyl (C=O) groups is 1. The van der Waals surface area contributed by atoms with E-state index in [1.807, 2.05) is 12.1 Å². The van der Waals surface area contributed by atoms with Gasteiger partial charge in [0.05, 0.1) is 11.9 Å². The first-order valence-electron chi connectivity index (χ1n) is 12.6. The maximum atomic E-state index is 13.2. The van der Waals surface area contributed by atoms with Crippen molar-refractivity contribution in [2.75, 3.05) is 26.8 Å². The molecule has 2 bridgehead atoms. The number of nitrogens with one attached hydrogen (secondary N) is 1. The van der Waals surface area contributed by atoms with E-state index in [9.17, 15) is 9.18 Å². The van der Waals surface area contributed by atoms with Crippen molar-refractivity contribution in [3.63, 3.8) is 0 Å². The normalized spacial score (nSPS) is 31.9. The first-order valence-corrected chi connectivity index (χ1v) is 12.6. The van der Waals surface area contributed by atoms with Gasteiger partial charge in [-0.15, -0.1) is 0 Å². The lowest BCUT2D eigenvalue weighted by Crippen LogP contribution is -2.52. The number of halogens is 1. The number of hydrogen-bond donors (Lipinski definition) is 2. The van der Waals surface area contributed by atoms with Gasteiger partial charge in [0, 0.05) is 31.2 Å². The van der Waals surface area contributed by atoms with Gasteiger partial charge in [-0.25, -0.2) is 4.39 Å². The summed E-state index contributed by atoms with van der Waals surface area (Å²) in [5, 5.41) is 3.32. The minimum absolute atomic E-state index is 0.130. The Hall–Kier alpha value is -1.92. The molecule has 1 aromatic carbocycles. The predicted octanol–water partition coefficient (Wildman–Crippen LogP) is 5.01. The van der Waals surface area contributed by atoms with E-state index < -0.39 is 0 Å². The van der Waals surface area contributed by atoms with E-state index in [-0.39, 0.29) is 30.1 Å². The van der Waals surface area contributed by atoms with E-state index in [0.29, 0.717) is 30.1 Å². The molecule has 2 unspecified atom stereocenters. The number of carbonyl (C=O) groups excluding carboxylic acids is 1. The number of benzene rings is 1. The summed E-state index contributed by atoms with van der Waals surface area (Å²) in [6.07, 6.45) is 11.3. The molecule has 6 heteroatoms. The lowest BCUT2D eigenvalue weighted by atomic mass is 9.60. The Morgan fingerprint density at radius 3 is 2.45 bits per heavy atom. The summed E-state index contributed by atoms with van der Waals surface area (Å²) < 4.78 is 24.4. The Morgan fingerprint density at radius 1 is 1.15 bits per heavy atom. The zero-order valence-corrected chi connectivity index (χ0v) is 19.9. The van der Waals surface area contributed by atoms with E-state index in [0.717, 1.165) is 50.9 Å². The van der Waals surface area contributed by atoms with Crippen molar-refractivity contribution < 1.29 is 18.7 Å². The molecule has 0 radical (unpaired) electrons. The van der Waals surface area contributed by atoms with Gasteiger partial charge < -0.3 is 20.5 Å². The van der Waals surface area contributed by atoms with Gasteiger partial charge in [-0.3, -0.25) is 4.79 Å². The highest BCUT2D eigenvalue weighted by Gasteiger charge is 2.46. The van der Waals surface area contributed by atoms with Gasteiger partial charge in [0.15, 0.2) is 0 Å². The number of hydrogen-bond acceptors (Lipinski definition) is 4. The zero-order valence-electron chi connectivity index (χ0n) is 19.9. The maximum absolute atomic E-state index is 13.2. The van der Waals surface area contributed by atoms with Crippen molar-refractivity contribution >= 4 is 5.91 Å². The van der Waals surface area contributed by atoms with Crippen LogP contribution < -0.4 is 15.8 Å². The van der Waals surface area contributed by atoms with E-state index >= 15 is 0 Å². The van der Waals surface area contributed by atoms with Crippen LogP contribution in [-0.4, -0.2) is 38.3 Å². The molecule has 4 aliphatic carbocycles. The molecule has 0 heterocycles. The third-order valence-corrected chi connectivity index (χ3v) is 8.57. The smallest absolute Gasteiger partial charge is 0.226 e. The molecule has 5 nitrogen and oxygen atoms in total. The molecule has 1 amide bonds. The number of rotatable bonds is 9. The molecular weight excluding hydrogens is 419 g/mol. The van der Waals surface area contributed by atoms with E-state index in [2.05, 4.69) is 17.4 Å². The van der Waals surface area contributed by atoms with Gasteiger partial charge in [0.25, 0.3) is 0 Å². The third kappa shape index (κ3) is 5.43. The van der Waals surface area contributed by atoms with Crippen molar-refractivity contribution in [3.05, 3.63) is 41.7 Å². The summed E-state index contributed by atoms with van der Waals surface area (Å²) in [6, 6.07) is 8.05. The molecule has 4 saturated carbocycles. The van der Waals surface area contributed by atoms with Gasteiger partial charge in [-0.2, -0.15) is 0 Å². The predicted molar refractivity (Wildman–Crippen MR) is 128 cm³/mol. The van der Waals surface area contributed by atoms with Crippen LogP contribution in [0.5, 0.6) is 5.75 Å². The summed E-state index contributed by atoms with van der Waals surface area (Å²) in [4.78, 5) is 13.2. The lowest BCUT2D eigenvalue weighted by Gasteiger charge is -2.46. The molecule has 0 aliphatic heterocycles. The van der Waals surface area contributed by atoms with E-state index in [1.165, 1.54) is 24.8 Å². The number of ether oxygens (including phenoxy) is 2. The van der Waals surface area contributed by atoms with Crippen LogP contribution in [0, 0.1) is 11.3 Å². The van der Waals surface area contributed by atoms with E-state index in [1.54, 1.807) is 7.11 Å². The Balaban J connectivity index is 1.35. The quantitative estimate of drug-likeness (QED) is 0.546. The molecule has 33 heavy (non-hydrogen) atoms. The summed E-state index contributed by atoms with van der Waals surface area (Å²) >= 11 is 0. The van der Waals surface area contributed by atoms with E-state index in [4.69, 9.17) is 15.2 Å². The van der Waals surface area contributed by atoms with Crippen LogP contribution in [0.1, 0.15) is 75.7 Å². The SMILES string of the molecule is COC1(CNC(=O)C23CCC(CC2)CC3)CCCC(c2ccc(OC/C(=C/F)CN)cc2)C1. The molecule has 0 aromatic heterocycles. The summed E-state index contributed by atoms with van der Waals surface area (Å²) in [6.45, 7) is 0.890. The topological polar surface area (TPSA) is 73.6 Å². The Kier molecular flexibility index (Phi) is 7.75. The van der Waals surface area contributed by atoms with Gasteiger partial charge in [0.2, 0.25) is 5.91 Å². The zero-order chi connectivity index (χ0) is 23.3. The fraction of sp³-hybridized carbons (Fsp3) is 0.667. The van der Waals surface area contributed by atoms with Crippen LogP contribution in [0.2, 0.25) is 0 Å². The highest BCUT2D eigenvalue weighted by molar-refractivity contribution is 5.83. The first kappa shape index (κ1) is 24.2. The van der Waals surface area contributed by atoms with Crippen molar-refractivity contribution in [1.29, 1.82) is 0 Å². The molecule has 4 aliphatic rings. The first-order chi connectivity index (χ1) is 16.0. The van der Waals surface area contributed by atoms with Crippen LogP contribution in [0.3, 0.4) is 0 Å². The monoisotopic (exact) mass is 458 g/mol. The van der Waals surface area contributed by atoms with Crippen LogP contribution in [0.15, 0.2) is 36.2 Å². The standard InChI is InChI=1S/C27H39FN2O3/c1-32-27(19-30-25(31)26-12-8-20(9-13-26)10-14-26)11-2-3-23(15-27)22-4-6-24(7-5-22)33-18-21(16-28)17-29/h4-7,16,20,23H,2-3,8-15,17-19,29H2,1H3,(H,30,31)/b21-16+. The van der Waals surface area contributed by atoms with Gasteiger partial charge >= 0.3 is 0 Å². The fourth-order valence-corrected chi connectivity index (χ4v) is 6.19. The maximum Gasteiger partial charge on any atom is 0.226 e. The largest absolute Gasteiger partial charge is 0.489 e. The average molecular weight is 459 g/mol. The molecule has 4 fully saturated rings. The van der Waals surface area contributed by atoms with Crippen LogP contribution in [-0.2, 0) is 9.53 Å². The Bertz CT molecular complexity index is 818. The molecule has 3 N–H and O–H groups in total. The van der Waals surface area contributed by atoms with Crippen molar-refractivity contribution in [3.8, 4) is 5.75 Å². The van der Waals surface area contributed by atoms with Crippen LogP contribution in [0.4, 0.5) is 4.39 Å². The summed E-state index contributed by atoms with van der Waals surface area (Å²) in [5.74, 6) is 2.18. The van der Waals surface area contributed by atoms with Crippen molar-refractivity contribution in [2.45, 2.75) is 75.7 Å². The third-order valence-electron chi connectivity index (χ3n) is 8.57. The Labute approximate surface area is 197 Å². The van der Waals surface area contributed by atoms with Gasteiger partial charge in [-0.1, -0.05) is 12.1 Å². The second-order valence-corrected chi connectivity index (χ2v) is 10.5. The van der Waals surface area contributed by atoms with Gasteiger partial charge in [0.1, 0.15) is 12.4 Å². The molecule has 0 saturated heterocycles. The van der Waals surface area contributed by atoms with Crippen molar-refractivity contribution in [1.82, 2.24) is 5.32 Å².